The summed E-state index contributed by atoms with van der Waals surface area (Å²) in [5.74, 6) is -1.38. The molecule has 8 nitrogen and oxygen atoms in total. The lowest BCUT2D eigenvalue weighted by molar-refractivity contribution is -0.139. The van der Waals surface area contributed by atoms with Crippen molar-refractivity contribution in [1.29, 1.82) is 0 Å². The van der Waals surface area contributed by atoms with Gasteiger partial charge < -0.3 is 15.2 Å². The van der Waals surface area contributed by atoms with Crippen LogP contribution in [0.15, 0.2) is 90.0 Å². The van der Waals surface area contributed by atoms with Crippen LogP contribution in [0.4, 0.5) is 0 Å². The summed E-state index contributed by atoms with van der Waals surface area (Å²) >= 11 is 11.9. The van der Waals surface area contributed by atoms with E-state index in [0.717, 1.165) is 27.3 Å². The molecule has 0 bridgehead atoms. The standard InChI is InChI=1S/C29H26Cl2N2O6S/c1-2-14-39-27-8-4-3-6-24(27)20-11-9-19(10-12-20)15-25(29(35)36)32-28(34)26-7-5-13-33(26)40(37,38)23-17-21(30)16-22(31)18-23/h3-13,16-18,25H,2,14-15H2,1H3,(H,32,34)(H,35,36)/t25-/m0/s1. The fourth-order valence-electron chi connectivity index (χ4n) is 4.07. The summed E-state index contributed by atoms with van der Waals surface area (Å²) in [4.78, 5) is 24.9. The molecule has 0 aliphatic carbocycles. The van der Waals surface area contributed by atoms with Crippen LogP contribution >= 0.6 is 23.2 Å². The Morgan fingerprint density at radius 2 is 1.65 bits per heavy atom. The quantitative estimate of drug-likeness (QED) is 0.221. The van der Waals surface area contributed by atoms with E-state index in [4.69, 9.17) is 27.9 Å². The van der Waals surface area contributed by atoms with Gasteiger partial charge in [-0.3, -0.25) is 4.79 Å². The first-order valence-corrected chi connectivity index (χ1v) is 14.5. The highest BCUT2D eigenvalue weighted by molar-refractivity contribution is 7.90. The maximum absolute atomic E-state index is 13.2. The van der Waals surface area contributed by atoms with Crippen LogP contribution in [-0.2, 0) is 21.2 Å². The summed E-state index contributed by atoms with van der Waals surface area (Å²) in [7, 11) is -4.24. The summed E-state index contributed by atoms with van der Waals surface area (Å²) in [5.41, 5.74) is 2.21. The molecule has 1 amide bonds. The van der Waals surface area contributed by atoms with Crippen molar-refractivity contribution in [2.75, 3.05) is 6.61 Å². The summed E-state index contributed by atoms with van der Waals surface area (Å²) in [6.07, 6.45) is 2.05. The Balaban J connectivity index is 1.52. The highest BCUT2D eigenvalue weighted by atomic mass is 35.5. The molecule has 208 valence electrons. The molecule has 0 radical (unpaired) electrons. The zero-order chi connectivity index (χ0) is 28.9. The monoisotopic (exact) mass is 600 g/mol. The van der Waals surface area contributed by atoms with Gasteiger partial charge >= 0.3 is 5.97 Å². The third-order valence-electron chi connectivity index (χ3n) is 6.00. The van der Waals surface area contributed by atoms with Gasteiger partial charge in [-0.25, -0.2) is 17.2 Å². The van der Waals surface area contributed by atoms with E-state index in [1.807, 2.05) is 43.3 Å². The first-order valence-electron chi connectivity index (χ1n) is 12.3. The van der Waals surface area contributed by atoms with E-state index in [0.29, 0.717) is 12.2 Å². The highest BCUT2D eigenvalue weighted by Crippen LogP contribution is 2.30. The number of aromatic nitrogens is 1. The number of carboxylic acids is 1. The molecule has 0 aliphatic rings. The van der Waals surface area contributed by atoms with Crippen LogP contribution in [0.1, 0.15) is 29.4 Å². The van der Waals surface area contributed by atoms with Gasteiger partial charge in [0.2, 0.25) is 0 Å². The topological polar surface area (TPSA) is 115 Å². The third kappa shape index (κ3) is 6.67. The minimum absolute atomic E-state index is 0.0211. The number of amides is 1. The molecule has 40 heavy (non-hydrogen) atoms. The number of ether oxygens (including phenoxy) is 1. The second kappa shape index (κ2) is 12.6. The van der Waals surface area contributed by atoms with Crippen LogP contribution in [0, 0.1) is 0 Å². The zero-order valence-corrected chi connectivity index (χ0v) is 23.7. The largest absolute Gasteiger partial charge is 0.493 e. The first kappa shape index (κ1) is 29.2. The van der Waals surface area contributed by atoms with E-state index in [-0.39, 0.29) is 27.1 Å². The lowest BCUT2D eigenvalue weighted by atomic mass is 10.00. The van der Waals surface area contributed by atoms with Gasteiger partial charge in [-0.05, 0) is 53.9 Å². The van der Waals surface area contributed by atoms with E-state index < -0.39 is 27.9 Å². The lowest BCUT2D eigenvalue weighted by Crippen LogP contribution is -2.43. The molecule has 1 aromatic heterocycles. The summed E-state index contributed by atoms with van der Waals surface area (Å²) in [5, 5.41) is 12.5. The van der Waals surface area contributed by atoms with Gasteiger partial charge in [0.05, 0.1) is 11.5 Å². The van der Waals surface area contributed by atoms with Crippen molar-refractivity contribution >= 4 is 45.1 Å². The van der Waals surface area contributed by atoms with Gasteiger partial charge in [-0.15, -0.1) is 0 Å². The van der Waals surface area contributed by atoms with Gasteiger partial charge in [0.15, 0.2) is 0 Å². The average Bonchev–Trinajstić information content (AvgIpc) is 3.43. The smallest absolute Gasteiger partial charge is 0.326 e. The lowest BCUT2D eigenvalue weighted by Gasteiger charge is -2.17. The van der Waals surface area contributed by atoms with Gasteiger partial charge in [-0.2, -0.15) is 0 Å². The minimum Gasteiger partial charge on any atom is -0.493 e. The molecule has 0 fully saturated rings. The number of para-hydroxylation sites is 1. The van der Waals surface area contributed by atoms with Crippen LogP contribution in [0.25, 0.3) is 11.1 Å². The highest BCUT2D eigenvalue weighted by Gasteiger charge is 2.27. The van der Waals surface area contributed by atoms with E-state index >= 15 is 0 Å². The number of carbonyl (C=O) groups excluding carboxylic acids is 1. The molecule has 4 rings (SSSR count). The van der Waals surface area contributed by atoms with Gasteiger partial charge in [0.25, 0.3) is 15.9 Å². The van der Waals surface area contributed by atoms with Gasteiger partial charge in [-0.1, -0.05) is 72.6 Å². The second-order valence-corrected chi connectivity index (χ2v) is 11.6. The number of benzene rings is 3. The molecule has 0 spiro atoms. The number of halogens is 2. The Labute approximate surface area is 242 Å². The molecule has 11 heteroatoms. The van der Waals surface area contributed by atoms with Crippen molar-refractivity contribution in [3.05, 3.63) is 106 Å². The number of hydrogen-bond donors (Lipinski definition) is 2. The number of carboxylic acid groups (broad SMARTS) is 1. The van der Waals surface area contributed by atoms with Crippen molar-refractivity contribution in [3.8, 4) is 16.9 Å². The Bertz CT molecular complexity index is 1610. The average molecular weight is 602 g/mol. The summed E-state index contributed by atoms with van der Waals surface area (Å²) < 4.78 is 33.0. The minimum atomic E-state index is -4.24. The van der Waals surface area contributed by atoms with E-state index in [1.165, 1.54) is 36.5 Å². The predicted molar refractivity (Wildman–Crippen MR) is 154 cm³/mol. The van der Waals surface area contributed by atoms with E-state index in [9.17, 15) is 23.1 Å². The van der Waals surface area contributed by atoms with E-state index in [2.05, 4.69) is 5.32 Å². The predicted octanol–water partition coefficient (Wildman–Crippen LogP) is 5.91. The Kier molecular flexibility index (Phi) is 9.19. The Morgan fingerprint density at radius 3 is 2.30 bits per heavy atom. The molecule has 4 aromatic rings. The van der Waals surface area contributed by atoms with Crippen molar-refractivity contribution in [1.82, 2.24) is 9.29 Å². The number of nitrogens with zero attached hydrogens (tertiary/aromatic N) is 1. The second-order valence-electron chi connectivity index (χ2n) is 8.91. The van der Waals surface area contributed by atoms with Crippen molar-refractivity contribution < 1.29 is 27.9 Å². The van der Waals surface area contributed by atoms with Crippen LogP contribution in [0.3, 0.4) is 0 Å². The molecule has 0 unspecified atom stereocenters. The first-order chi connectivity index (χ1) is 19.1. The molecule has 0 saturated carbocycles. The number of rotatable bonds is 11. The maximum Gasteiger partial charge on any atom is 0.326 e. The fraction of sp³-hybridized carbons (Fsp3) is 0.172. The van der Waals surface area contributed by atoms with Crippen molar-refractivity contribution in [2.24, 2.45) is 0 Å². The Hall–Kier alpha value is -3.79. The molecule has 2 N–H and O–H groups in total. The summed E-state index contributed by atoms with van der Waals surface area (Å²) in [6, 6.07) is 20.1. The van der Waals surface area contributed by atoms with Gasteiger partial charge in [0, 0.05) is 28.2 Å². The van der Waals surface area contributed by atoms with E-state index in [1.54, 1.807) is 12.1 Å². The molecule has 1 atom stereocenters. The van der Waals surface area contributed by atoms with Crippen LogP contribution in [-0.4, -0.2) is 42.0 Å². The SMILES string of the molecule is CCCOc1ccccc1-c1ccc(C[C@H](NC(=O)c2cccn2S(=O)(=O)c2cc(Cl)cc(Cl)c2)C(=O)O)cc1. The molecule has 0 saturated heterocycles. The zero-order valence-electron chi connectivity index (χ0n) is 21.4. The molecule has 3 aromatic carbocycles. The summed E-state index contributed by atoms with van der Waals surface area (Å²) in [6.45, 7) is 2.62. The number of carbonyl (C=O) groups is 2. The van der Waals surface area contributed by atoms with Crippen LogP contribution in [0.2, 0.25) is 10.0 Å². The number of hydrogen-bond acceptors (Lipinski definition) is 5. The van der Waals surface area contributed by atoms with Crippen molar-refractivity contribution in [3.63, 3.8) is 0 Å². The molecular weight excluding hydrogens is 575 g/mol. The molecule has 1 heterocycles. The van der Waals surface area contributed by atoms with Crippen LogP contribution < -0.4 is 10.1 Å². The maximum atomic E-state index is 13.2. The molecule has 0 aliphatic heterocycles. The molecular formula is C29H26Cl2N2O6S. The van der Waals surface area contributed by atoms with Crippen LogP contribution in [0.5, 0.6) is 5.75 Å². The van der Waals surface area contributed by atoms with Crippen molar-refractivity contribution in [2.45, 2.75) is 30.7 Å². The van der Waals surface area contributed by atoms with Gasteiger partial charge in [0.1, 0.15) is 17.5 Å². The third-order valence-corrected chi connectivity index (χ3v) is 8.10. The number of nitrogens with one attached hydrogen (secondary N) is 1. The number of aliphatic carboxylic acids is 1. The fourth-order valence-corrected chi connectivity index (χ4v) is 6.14. The normalized spacial score (nSPS) is 12.1. The Morgan fingerprint density at radius 1 is 0.975 bits per heavy atom.